The van der Waals surface area contributed by atoms with Gasteiger partial charge in [0.25, 0.3) is 0 Å². The third-order valence-corrected chi connectivity index (χ3v) is 8.24. The monoisotopic (exact) mass is 574 g/mol. The number of nitrogens with two attached hydrogens (primary N) is 1. The van der Waals surface area contributed by atoms with Gasteiger partial charge in [-0.05, 0) is 67.5 Å². The van der Waals surface area contributed by atoms with Crippen molar-refractivity contribution < 1.29 is 19.4 Å². The van der Waals surface area contributed by atoms with Crippen LogP contribution < -0.4 is 5.73 Å². The zero-order valence-corrected chi connectivity index (χ0v) is 24.7. The molecule has 3 N–H and O–H groups in total. The first-order valence-corrected chi connectivity index (χ1v) is 13.9. The van der Waals surface area contributed by atoms with E-state index in [4.69, 9.17) is 33.7 Å². The molecule has 0 unspecified atom stereocenters. The zero-order chi connectivity index (χ0) is 28.8. The maximum Gasteiger partial charge on any atom is 0.323 e. The molecule has 0 fully saturated rings. The van der Waals surface area contributed by atoms with Crippen LogP contribution in [0.2, 0.25) is 10.2 Å². The lowest BCUT2D eigenvalue weighted by molar-refractivity contribution is -0.152. The Hall–Kier alpha value is -2.65. The van der Waals surface area contributed by atoms with E-state index in [9.17, 15) is 14.7 Å². The Morgan fingerprint density at radius 2 is 1.92 bits per heavy atom. The predicted molar refractivity (Wildman–Crippen MR) is 153 cm³/mol. The van der Waals surface area contributed by atoms with Crippen molar-refractivity contribution in [2.45, 2.75) is 71.2 Å². The van der Waals surface area contributed by atoms with E-state index in [1.165, 1.54) is 0 Å². The van der Waals surface area contributed by atoms with Gasteiger partial charge in [-0.15, -0.1) is 0 Å². The molecule has 10 heteroatoms. The topological polar surface area (TPSA) is 111 Å². The highest BCUT2D eigenvalue weighted by Gasteiger charge is 2.39. The molecule has 0 radical (unpaired) electrons. The Morgan fingerprint density at radius 3 is 2.56 bits per heavy atom. The number of aliphatic hydroxyl groups is 1. The highest BCUT2D eigenvalue weighted by atomic mass is 35.5. The van der Waals surface area contributed by atoms with Gasteiger partial charge in [0.1, 0.15) is 12.6 Å². The van der Waals surface area contributed by atoms with Crippen LogP contribution in [0.25, 0.3) is 10.9 Å². The van der Waals surface area contributed by atoms with Crippen molar-refractivity contribution in [2.75, 3.05) is 6.61 Å². The Morgan fingerprint density at radius 1 is 1.23 bits per heavy atom. The molecular weight excluding hydrogens is 539 g/mol. The molecule has 0 bridgehead atoms. The number of hydrogen-bond acceptors (Lipinski definition) is 6. The minimum absolute atomic E-state index is 0.0115. The van der Waals surface area contributed by atoms with E-state index in [-0.39, 0.29) is 36.0 Å². The van der Waals surface area contributed by atoms with Crippen LogP contribution in [0.5, 0.6) is 0 Å². The van der Waals surface area contributed by atoms with Crippen molar-refractivity contribution in [2.24, 2.45) is 18.7 Å². The van der Waals surface area contributed by atoms with E-state index in [2.05, 4.69) is 5.10 Å². The molecule has 0 saturated heterocycles. The Labute approximate surface area is 239 Å². The zero-order valence-electron chi connectivity index (χ0n) is 23.2. The van der Waals surface area contributed by atoms with Gasteiger partial charge in [-0.3, -0.25) is 14.3 Å². The lowest BCUT2D eigenvalue weighted by Crippen LogP contribution is -2.51. The molecule has 3 atom stereocenters. The van der Waals surface area contributed by atoms with Crippen molar-refractivity contribution in [1.29, 1.82) is 0 Å². The molecule has 39 heavy (non-hydrogen) atoms. The first-order chi connectivity index (χ1) is 18.2. The minimum Gasteiger partial charge on any atom is -0.462 e. The molecule has 1 aromatic heterocycles. The van der Waals surface area contributed by atoms with E-state index in [1.807, 2.05) is 45.0 Å². The van der Waals surface area contributed by atoms with E-state index < -0.39 is 23.7 Å². The lowest BCUT2D eigenvalue weighted by atomic mass is 9.81. The van der Waals surface area contributed by atoms with Crippen LogP contribution in [0.4, 0.5) is 0 Å². The predicted octanol–water partition coefficient (Wildman–Crippen LogP) is 4.69. The fraction of sp³-hybridized carbons (Fsp3) is 0.483. The number of benzene rings is 2. The average Bonchev–Trinajstić information content (AvgIpc) is 3.15. The van der Waals surface area contributed by atoms with Gasteiger partial charge in [0.05, 0.1) is 29.6 Å². The third kappa shape index (κ3) is 5.66. The number of halogens is 2. The number of carbonyl (C=O) groups excluding carboxylic acids is 2. The second-order valence-corrected chi connectivity index (χ2v) is 11.9. The summed E-state index contributed by atoms with van der Waals surface area (Å²) < 4.78 is 7.31. The summed E-state index contributed by atoms with van der Waals surface area (Å²) in [6.45, 7) is 9.09. The number of fused-ring (bicyclic) bond motifs is 2. The number of amides is 1. The SMILES string of the molecule is CC(C)[C@H](N)C(=O)OC[C@H]1Cc2c(cccc2C(C)(C)O)[C@H](C)N1C(=O)Cc1c(Cl)ccc2c1c(Cl)nn2C. The molecule has 8 nitrogen and oxygen atoms in total. The highest BCUT2D eigenvalue weighted by molar-refractivity contribution is 6.37. The van der Waals surface area contributed by atoms with Crippen LogP contribution in [0.1, 0.15) is 62.9 Å². The molecule has 210 valence electrons. The number of carbonyl (C=O) groups is 2. The van der Waals surface area contributed by atoms with Crippen LogP contribution >= 0.6 is 23.2 Å². The van der Waals surface area contributed by atoms with Crippen molar-refractivity contribution >= 4 is 46.0 Å². The lowest BCUT2D eigenvalue weighted by Gasteiger charge is -2.43. The van der Waals surface area contributed by atoms with Crippen LogP contribution in [0.15, 0.2) is 30.3 Å². The van der Waals surface area contributed by atoms with Crippen molar-refractivity contribution in [3.63, 3.8) is 0 Å². The maximum absolute atomic E-state index is 14.1. The van der Waals surface area contributed by atoms with E-state index in [1.54, 1.807) is 36.5 Å². The number of hydrogen-bond donors (Lipinski definition) is 2. The van der Waals surface area contributed by atoms with Crippen LogP contribution in [-0.2, 0) is 39.8 Å². The summed E-state index contributed by atoms with van der Waals surface area (Å²) in [6, 6.07) is 7.72. The smallest absolute Gasteiger partial charge is 0.323 e. The number of ether oxygens (including phenoxy) is 1. The van der Waals surface area contributed by atoms with Crippen molar-refractivity contribution in [1.82, 2.24) is 14.7 Å². The molecule has 0 aliphatic carbocycles. The molecular formula is C29H36Cl2N4O4. The maximum atomic E-state index is 14.1. The van der Waals surface area contributed by atoms with E-state index in [0.29, 0.717) is 22.4 Å². The van der Waals surface area contributed by atoms with Crippen LogP contribution in [0.3, 0.4) is 0 Å². The molecule has 3 aromatic rings. The number of aromatic nitrogens is 2. The van der Waals surface area contributed by atoms with Gasteiger partial charge in [-0.2, -0.15) is 5.10 Å². The summed E-state index contributed by atoms with van der Waals surface area (Å²) in [6.07, 6.45) is 0.393. The van der Waals surface area contributed by atoms with Gasteiger partial charge < -0.3 is 20.5 Å². The second-order valence-electron chi connectivity index (χ2n) is 11.2. The number of rotatable bonds is 7. The Bertz CT molecular complexity index is 1410. The normalized spacial score (nSPS) is 18.4. The molecule has 2 heterocycles. The van der Waals surface area contributed by atoms with Gasteiger partial charge >= 0.3 is 5.97 Å². The summed E-state index contributed by atoms with van der Waals surface area (Å²) in [4.78, 5) is 28.5. The first kappa shape index (κ1) is 29.3. The molecule has 1 amide bonds. The summed E-state index contributed by atoms with van der Waals surface area (Å²) in [5.74, 6) is -0.790. The largest absolute Gasteiger partial charge is 0.462 e. The quantitative estimate of drug-likeness (QED) is 0.396. The highest BCUT2D eigenvalue weighted by Crippen LogP contribution is 2.39. The first-order valence-electron chi connectivity index (χ1n) is 13.1. The van der Waals surface area contributed by atoms with Gasteiger partial charge in [-0.1, -0.05) is 55.2 Å². The molecule has 4 rings (SSSR count). The molecule has 0 spiro atoms. The van der Waals surface area contributed by atoms with Gasteiger partial charge in [0.15, 0.2) is 5.15 Å². The fourth-order valence-electron chi connectivity index (χ4n) is 5.46. The minimum atomic E-state index is -1.08. The third-order valence-electron chi connectivity index (χ3n) is 7.62. The van der Waals surface area contributed by atoms with Gasteiger partial charge in [-0.25, -0.2) is 0 Å². The number of aryl methyl sites for hydroxylation is 1. The van der Waals surface area contributed by atoms with Crippen molar-refractivity contribution in [3.8, 4) is 0 Å². The average molecular weight is 576 g/mol. The molecule has 1 aliphatic rings. The molecule has 2 aromatic carbocycles. The van der Waals surface area contributed by atoms with Gasteiger partial charge in [0.2, 0.25) is 5.91 Å². The number of esters is 1. The molecule has 1 aliphatic heterocycles. The standard InChI is InChI=1S/C29H36Cl2N4O4/c1-15(2)26(32)28(37)39-14-17-12-19-18(8-7-9-21(19)29(4,5)38)16(3)35(17)24(36)13-20-22(30)10-11-23-25(20)27(31)33-34(23)6/h7-11,15-17,26,38H,12-14,32H2,1-6H3/t16-,17+,26-/m0/s1. The van der Waals surface area contributed by atoms with E-state index in [0.717, 1.165) is 22.2 Å². The molecule has 0 saturated carbocycles. The Balaban J connectivity index is 1.74. The van der Waals surface area contributed by atoms with Crippen LogP contribution in [0, 0.1) is 5.92 Å². The second kappa shape index (κ2) is 11.1. The number of nitrogens with zero attached hydrogens (tertiary/aromatic N) is 3. The summed E-state index contributed by atoms with van der Waals surface area (Å²) in [5.41, 5.74) is 8.97. The van der Waals surface area contributed by atoms with Gasteiger partial charge in [0, 0.05) is 17.5 Å². The van der Waals surface area contributed by atoms with Crippen LogP contribution in [-0.4, -0.2) is 50.4 Å². The summed E-state index contributed by atoms with van der Waals surface area (Å²) in [7, 11) is 1.78. The van der Waals surface area contributed by atoms with Crippen molar-refractivity contribution in [3.05, 3.63) is 62.8 Å². The fourth-order valence-corrected chi connectivity index (χ4v) is 6.01. The summed E-state index contributed by atoms with van der Waals surface area (Å²) >= 11 is 13.0. The summed E-state index contributed by atoms with van der Waals surface area (Å²) in [5, 5.41) is 16.5. The Kier molecular flexibility index (Phi) is 8.34. The van der Waals surface area contributed by atoms with E-state index >= 15 is 0 Å².